The summed E-state index contributed by atoms with van der Waals surface area (Å²) in [6.45, 7) is 8.52. The predicted molar refractivity (Wildman–Crippen MR) is 54.3 cm³/mol. The summed E-state index contributed by atoms with van der Waals surface area (Å²) in [7, 11) is 0. The van der Waals surface area contributed by atoms with E-state index < -0.39 is 0 Å². The van der Waals surface area contributed by atoms with Crippen molar-refractivity contribution in [1.82, 2.24) is 14.6 Å². The number of aryl methyl sites for hydroxylation is 1. The van der Waals surface area contributed by atoms with Crippen molar-refractivity contribution in [2.24, 2.45) is 0 Å². The first-order valence-electron chi connectivity index (χ1n) is 4.30. The molecule has 0 N–H and O–H groups in total. The normalized spacial score (nSPS) is 12.6. The molecular weight excluding hydrogens is 182 g/mol. The minimum Gasteiger partial charge on any atom is -0.226 e. The van der Waals surface area contributed by atoms with E-state index in [0.29, 0.717) is 0 Å². The molecule has 2 aromatic heterocycles. The molecule has 0 aliphatic carbocycles. The minimum atomic E-state index is 0.111. The summed E-state index contributed by atoms with van der Waals surface area (Å²) < 4.78 is 1.94. The highest BCUT2D eigenvalue weighted by Gasteiger charge is 2.20. The second kappa shape index (κ2) is 2.54. The van der Waals surface area contributed by atoms with Crippen LogP contribution in [0.2, 0.25) is 0 Å². The standard InChI is InChI=1S/C9H13N3S/c1-6-11-12-7(9(2,3)4)5-10-8(12)13-6/h5H,1-4H3. The predicted octanol–water partition coefficient (Wildman–Crippen LogP) is 2.40. The van der Waals surface area contributed by atoms with Crippen LogP contribution < -0.4 is 0 Å². The second-order valence-electron chi connectivity index (χ2n) is 4.21. The van der Waals surface area contributed by atoms with E-state index in [1.54, 1.807) is 11.3 Å². The zero-order valence-corrected chi connectivity index (χ0v) is 9.14. The van der Waals surface area contributed by atoms with E-state index in [2.05, 4.69) is 30.9 Å². The van der Waals surface area contributed by atoms with E-state index in [4.69, 9.17) is 0 Å². The molecule has 0 radical (unpaired) electrons. The summed E-state index contributed by atoms with van der Waals surface area (Å²) in [6.07, 6.45) is 1.91. The average Bonchev–Trinajstić information content (AvgIpc) is 2.41. The maximum Gasteiger partial charge on any atom is 0.212 e. The third-order valence-corrected chi connectivity index (χ3v) is 2.79. The van der Waals surface area contributed by atoms with Gasteiger partial charge in [-0.3, -0.25) is 0 Å². The van der Waals surface area contributed by atoms with Gasteiger partial charge in [0.25, 0.3) is 0 Å². The molecule has 0 atom stereocenters. The van der Waals surface area contributed by atoms with Crippen molar-refractivity contribution in [2.45, 2.75) is 33.1 Å². The molecule has 0 aliphatic rings. The van der Waals surface area contributed by atoms with E-state index in [1.165, 1.54) is 5.69 Å². The lowest BCUT2D eigenvalue weighted by Gasteiger charge is -2.15. The van der Waals surface area contributed by atoms with Crippen molar-refractivity contribution >= 4 is 16.3 Å². The van der Waals surface area contributed by atoms with Crippen LogP contribution in [0.5, 0.6) is 0 Å². The lowest BCUT2D eigenvalue weighted by Crippen LogP contribution is -2.14. The van der Waals surface area contributed by atoms with Crippen LogP contribution in [0.1, 0.15) is 31.5 Å². The molecule has 0 aliphatic heterocycles. The first-order chi connectivity index (χ1) is 5.98. The highest BCUT2D eigenvalue weighted by atomic mass is 32.1. The van der Waals surface area contributed by atoms with Gasteiger partial charge in [0.1, 0.15) is 5.01 Å². The van der Waals surface area contributed by atoms with Gasteiger partial charge in [-0.05, 0) is 6.92 Å². The highest BCUT2D eigenvalue weighted by Crippen LogP contribution is 2.24. The molecule has 2 aromatic rings. The Balaban J connectivity index is 2.70. The van der Waals surface area contributed by atoms with Crippen LogP contribution in [0.15, 0.2) is 6.20 Å². The SMILES string of the molecule is Cc1nn2c(C(C)(C)C)cnc2s1. The van der Waals surface area contributed by atoms with E-state index >= 15 is 0 Å². The van der Waals surface area contributed by atoms with Crippen molar-refractivity contribution in [3.63, 3.8) is 0 Å². The molecule has 2 rings (SSSR count). The van der Waals surface area contributed by atoms with Crippen LogP contribution in [0, 0.1) is 6.92 Å². The third kappa shape index (κ3) is 1.35. The molecule has 2 heterocycles. The molecular formula is C9H13N3S. The summed E-state index contributed by atoms with van der Waals surface area (Å²) >= 11 is 1.63. The number of nitrogens with zero attached hydrogens (tertiary/aromatic N) is 3. The van der Waals surface area contributed by atoms with Gasteiger partial charge in [-0.1, -0.05) is 32.1 Å². The highest BCUT2D eigenvalue weighted by molar-refractivity contribution is 7.16. The topological polar surface area (TPSA) is 30.2 Å². The zero-order valence-electron chi connectivity index (χ0n) is 8.33. The molecule has 0 fully saturated rings. The summed E-state index contributed by atoms with van der Waals surface area (Å²) in [5.74, 6) is 0. The molecule has 3 nitrogen and oxygen atoms in total. The molecule has 0 saturated carbocycles. The Labute approximate surface area is 81.4 Å². The van der Waals surface area contributed by atoms with E-state index in [-0.39, 0.29) is 5.41 Å². The molecule has 0 spiro atoms. The summed E-state index contributed by atoms with van der Waals surface area (Å²) in [5.41, 5.74) is 1.28. The van der Waals surface area contributed by atoms with E-state index in [1.807, 2.05) is 17.6 Å². The third-order valence-electron chi connectivity index (χ3n) is 1.95. The number of rotatable bonds is 0. The van der Waals surface area contributed by atoms with Crippen molar-refractivity contribution in [3.05, 3.63) is 16.9 Å². The molecule has 4 heteroatoms. The lowest BCUT2D eigenvalue weighted by molar-refractivity contribution is 0.552. The summed E-state index contributed by atoms with van der Waals surface area (Å²) in [6, 6.07) is 0. The van der Waals surface area contributed by atoms with E-state index in [9.17, 15) is 0 Å². The van der Waals surface area contributed by atoms with Gasteiger partial charge in [-0.2, -0.15) is 5.10 Å². The van der Waals surface area contributed by atoms with Crippen molar-refractivity contribution in [3.8, 4) is 0 Å². The molecule has 0 unspecified atom stereocenters. The fourth-order valence-electron chi connectivity index (χ4n) is 1.30. The Morgan fingerprint density at radius 2 is 2.08 bits per heavy atom. The molecule has 0 bridgehead atoms. The van der Waals surface area contributed by atoms with Crippen LogP contribution in [-0.2, 0) is 5.41 Å². The van der Waals surface area contributed by atoms with Gasteiger partial charge in [0, 0.05) is 5.41 Å². The molecule has 13 heavy (non-hydrogen) atoms. The van der Waals surface area contributed by atoms with Gasteiger partial charge < -0.3 is 0 Å². The lowest BCUT2D eigenvalue weighted by atomic mass is 9.93. The van der Waals surface area contributed by atoms with Crippen molar-refractivity contribution in [1.29, 1.82) is 0 Å². The van der Waals surface area contributed by atoms with Gasteiger partial charge in [0.15, 0.2) is 0 Å². The van der Waals surface area contributed by atoms with Gasteiger partial charge in [0.05, 0.1) is 11.9 Å². The first-order valence-corrected chi connectivity index (χ1v) is 5.12. The van der Waals surface area contributed by atoms with Gasteiger partial charge >= 0.3 is 0 Å². The summed E-state index contributed by atoms with van der Waals surface area (Å²) in [5, 5.41) is 5.48. The van der Waals surface area contributed by atoms with Crippen LogP contribution in [0.3, 0.4) is 0 Å². The fourth-order valence-corrected chi connectivity index (χ4v) is 2.02. The second-order valence-corrected chi connectivity index (χ2v) is 5.37. The smallest absolute Gasteiger partial charge is 0.212 e. The Hall–Kier alpha value is -0.900. The maximum atomic E-state index is 4.41. The maximum absolute atomic E-state index is 4.41. The molecule has 0 aromatic carbocycles. The molecule has 0 amide bonds. The van der Waals surface area contributed by atoms with Crippen LogP contribution >= 0.6 is 11.3 Å². The molecule has 70 valence electrons. The van der Waals surface area contributed by atoms with Crippen LogP contribution in [0.4, 0.5) is 0 Å². The monoisotopic (exact) mass is 195 g/mol. The quantitative estimate of drug-likeness (QED) is 0.646. The Morgan fingerprint density at radius 1 is 1.38 bits per heavy atom. The van der Waals surface area contributed by atoms with E-state index in [0.717, 1.165) is 9.97 Å². The van der Waals surface area contributed by atoms with Gasteiger partial charge in [-0.25, -0.2) is 9.50 Å². The number of imidazole rings is 1. The number of fused-ring (bicyclic) bond motifs is 1. The number of hydrogen-bond donors (Lipinski definition) is 0. The minimum absolute atomic E-state index is 0.111. The molecule has 0 saturated heterocycles. The zero-order chi connectivity index (χ0) is 9.64. The Bertz CT molecular complexity index is 433. The Morgan fingerprint density at radius 3 is 2.69 bits per heavy atom. The number of aromatic nitrogens is 3. The van der Waals surface area contributed by atoms with Crippen molar-refractivity contribution in [2.75, 3.05) is 0 Å². The average molecular weight is 195 g/mol. The van der Waals surface area contributed by atoms with Gasteiger partial charge in [0.2, 0.25) is 4.96 Å². The largest absolute Gasteiger partial charge is 0.226 e. The Kier molecular flexibility index (Phi) is 1.70. The van der Waals surface area contributed by atoms with Crippen LogP contribution in [0.25, 0.3) is 4.96 Å². The van der Waals surface area contributed by atoms with Crippen molar-refractivity contribution < 1.29 is 0 Å². The van der Waals surface area contributed by atoms with Gasteiger partial charge in [-0.15, -0.1) is 0 Å². The van der Waals surface area contributed by atoms with Crippen LogP contribution in [-0.4, -0.2) is 14.6 Å². The first kappa shape index (κ1) is 8.69. The fraction of sp³-hybridized carbons (Fsp3) is 0.556. The summed E-state index contributed by atoms with van der Waals surface area (Å²) in [4.78, 5) is 5.31. The number of hydrogen-bond acceptors (Lipinski definition) is 3.